The predicted octanol–water partition coefficient (Wildman–Crippen LogP) is 1.75. The van der Waals surface area contributed by atoms with Gasteiger partial charge in [-0.1, -0.05) is 0 Å². The lowest BCUT2D eigenvalue weighted by atomic mass is 10.2. The second-order valence-corrected chi connectivity index (χ2v) is 6.01. The topological polar surface area (TPSA) is 108 Å². The van der Waals surface area contributed by atoms with E-state index >= 15 is 0 Å². The average molecular weight is 370 g/mol. The summed E-state index contributed by atoms with van der Waals surface area (Å²) in [4.78, 5) is 29.0. The second kappa shape index (κ2) is 6.52. The minimum absolute atomic E-state index is 0.141. The van der Waals surface area contributed by atoms with Gasteiger partial charge in [0, 0.05) is 11.3 Å². The quantitative estimate of drug-likeness (QED) is 0.512. The SMILES string of the molecule is O=C(NC(=S)Nc1ccc2[nH]c(=O)[nH]c2c1)c1ccc2c(c1)OCCO2. The molecule has 2 heterocycles. The van der Waals surface area contributed by atoms with Crippen LogP contribution in [0.1, 0.15) is 10.4 Å². The van der Waals surface area contributed by atoms with Crippen LogP contribution in [0.2, 0.25) is 0 Å². The Hall–Kier alpha value is -3.33. The first-order valence-corrected chi connectivity index (χ1v) is 8.23. The van der Waals surface area contributed by atoms with E-state index in [1.807, 2.05) is 0 Å². The Morgan fingerprint density at radius 3 is 2.62 bits per heavy atom. The molecule has 0 unspecified atom stereocenters. The number of amides is 1. The van der Waals surface area contributed by atoms with Crippen LogP contribution in [0, 0.1) is 0 Å². The maximum absolute atomic E-state index is 12.4. The molecule has 1 aliphatic rings. The molecule has 3 aromatic rings. The Morgan fingerprint density at radius 1 is 1.00 bits per heavy atom. The first-order chi connectivity index (χ1) is 12.6. The zero-order valence-corrected chi connectivity index (χ0v) is 14.2. The highest BCUT2D eigenvalue weighted by atomic mass is 32.1. The monoisotopic (exact) mass is 370 g/mol. The third-order valence-corrected chi connectivity index (χ3v) is 4.01. The molecule has 4 rings (SSSR count). The van der Waals surface area contributed by atoms with E-state index in [1.165, 1.54) is 0 Å². The minimum Gasteiger partial charge on any atom is -0.486 e. The number of ether oxygens (including phenoxy) is 2. The number of rotatable bonds is 2. The van der Waals surface area contributed by atoms with Crippen LogP contribution in [0.4, 0.5) is 5.69 Å². The number of imidazole rings is 1. The van der Waals surface area contributed by atoms with E-state index in [2.05, 4.69) is 20.6 Å². The molecule has 1 aliphatic heterocycles. The highest BCUT2D eigenvalue weighted by Gasteiger charge is 2.15. The van der Waals surface area contributed by atoms with Crippen molar-refractivity contribution in [1.82, 2.24) is 15.3 Å². The van der Waals surface area contributed by atoms with Gasteiger partial charge in [-0.3, -0.25) is 10.1 Å². The fourth-order valence-corrected chi connectivity index (χ4v) is 2.84. The molecule has 0 spiro atoms. The molecule has 0 bridgehead atoms. The maximum Gasteiger partial charge on any atom is 0.323 e. The Morgan fingerprint density at radius 2 is 1.77 bits per heavy atom. The van der Waals surface area contributed by atoms with Gasteiger partial charge in [0.1, 0.15) is 13.2 Å². The van der Waals surface area contributed by atoms with Crippen LogP contribution in [0.3, 0.4) is 0 Å². The smallest absolute Gasteiger partial charge is 0.323 e. The molecular formula is C17H14N4O4S. The molecule has 2 aromatic carbocycles. The number of fused-ring (bicyclic) bond motifs is 2. The van der Waals surface area contributed by atoms with Crippen LogP contribution < -0.4 is 25.8 Å². The van der Waals surface area contributed by atoms with Crippen LogP contribution in [0.5, 0.6) is 11.5 Å². The second-order valence-electron chi connectivity index (χ2n) is 5.61. The van der Waals surface area contributed by atoms with E-state index in [4.69, 9.17) is 21.7 Å². The molecule has 132 valence electrons. The van der Waals surface area contributed by atoms with Crippen molar-refractivity contribution in [2.75, 3.05) is 18.5 Å². The molecule has 8 nitrogen and oxygen atoms in total. The third-order valence-electron chi connectivity index (χ3n) is 3.81. The van der Waals surface area contributed by atoms with Crippen LogP contribution >= 0.6 is 12.2 Å². The first kappa shape index (κ1) is 16.2. The summed E-state index contributed by atoms with van der Waals surface area (Å²) in [5.41, 5.74) is 2.09. The Labute approximate surface area is 152 Å². The van der Waals surface area contributed by atoms with Gasteiger partial charge in [-0.2, -0.15) is 0 Å². The summed E-state index contributed by atoms with van der Waals surface area (Å²) >= 11 is 5.18. The molecule has 0 saturated carbocycles. The van der Waals surface area contributed by atoms with Crippen LogP contribution in [-0.4, -0.2) is 34.2 Å². The van der Waals surface area contributed by atoms with E-state index in [9.17, 15) is 9.59 Å². The van der Waals surface area contributed by atoms with Gasteiger partial charge >= 0.3 is 5.69 Å². The van der Waals surface area contributed by atoms with Gasteiger partial charge in [0.05, 0.1) is 11.0 Å². The number of aromatic amines is 2. The Kier molecular flexibility index (Phi) is 4.05. The fraction of sp³-hybridized carbons (Fsp3) is 0.118. The van der Waals surface area contributed by atoms with Crippen molar-refractivity contribution in [3.63, 3.8) is 0 Å². The Balaban J connectivity index is 1.45. The van der Waals surface area contributed by atoms with Crippen molar-refractivity contribution >= 4 is 40.0 Å². The predicted molar refractivity (Wildman–Crippen MR) is 100 cm³/mol. The molecule has 0 aliphatic carbocycles. The third kappa shape index (κ3) is 3.24. The van der Waals surface area contributed by atoms with Crippen molar-refractivity contribution in [2.45, 2.75) is 0 Å². The average Bonchev–Trinajstić information content (AvgIpc) is 3.00. The van der Waals surface area contributed by atoms with E-state index in [-0.39, 0.29) is 16.7 Å². The summed E-state index contributed by atoms with van der Waals surface area (Å²) in [6, 6.07) is 10.1. The first-order valence-electron chi connectivity index (χ1n) is 7.82. The molecule has 9 heteroatoms. The number of anilines is 1. The largest absolute Gasteiger partial charge is 0.486 e. The highest BCUT2D eigenvalue weighted by Crippen LogP contribution is 2.30. The van der Waals surface area contributed by atoms with Gasteiger partial charge in [-0.15, -0.1) is 0 Å². The summed E-state index contributed by atoms with van der Waals surface area (Å²) < 4.78 is 10.9. The molecule has 0 fully saturated rings. The van der Waals surface area contributed by atoms with Crippen LogP contribution in [0.15, 0.2) is 41.2 Å². The molecule has 0 saturated heterocycles. The van der Waals surface area contributed by atoms with Crippen molar-refractivity contribution in [2.24, 2.45) is 0 Å². The Bertz CT molecular complexity index is 1070. The van der Waals surface area contributed by atoms with Crippen molar-refractivity contribution in [3.8, 4) is 11.5 Å². The molecule has 0 atom stereocenters. The zero-order chi connectivity index (χ0) is 18.1. The van der Waals surface area contributed by atoms with Crippen LogP contribution in [-0.2, 0) is 0 Å². The van der Waals surface area contributed by atoms with E-state index in [0.717, 1.165) is 0 Å². The highest BCUT2D eigenvalue weighted by molar-refractivity contribution is 7.80. The summed E-state index contributed by atoms with van der Waals surface area (Å²) in [5, 5.41) is 5.66. The number of carbonyl (C=O) groups excluding carboxylic acids is 1. The number of H-pyrrole nitrogens is 2. The molecule has 4 N–H and O–H groups in total. The van der Waals surface area contributed by atoms with Gasteiger partial charge in [-0.25, -0.2) is 4.79 Å². The molecule has 1 amide bonds. The number of hydrogen-bond donors (Lipinski definition) is 4. The molecular weight excluding hydrogens is 356 g/mol. The number of hydrogen-bond acceptors (Lipinski definition) is 5. The standard InChI is InChI=1S/C17H14N4O4S/c22-15(9-1-4-13-14(7-9)25-6-5-24-13)21-17(26)18-10-2-3-11-12(8-10)20-16(23)19-11/h1-4,7-8H,5-6H2,(H2,19,20,23)(H2,18,21,22,26). The fourth-order valence-electron chi connectivity index (χ4n) is 2.63. The van der Waals surface area contributed by atoms with Crippen LogP contribution in [0.25, 0.3) is 11.0 Å². The maximum atomic E-state index is 12.4. The van der Waals surface area contributed by atoms with Gasteiger partial charge < -0.3 is 24.8 Å². The van der Waals surface area contributed by atoms with Gasteiger partial charge in [0.15, 0.2) is 16.6 Å². The van der Waals surface area contributed by atoms with Gasteiger partial charge in [-0.05, 0) is 48.6 Å². The number of benzene rings is 2. The van der Waals surface area contributed by atoms with E-state index < -0.39 is 0 Å². The zero-order valence-electron chi connectivity index (χ0n) is 13.4. The number of carbonyl (C=O) groups is 1. The van der Waals surface area contributed by atoms with E-state index in [1.54, 1.807) is 36.4 Å². The van der Waals surface area contributed by atoms with Crippen molar-refractivity contribution in [1.29, 1.82) is 0 Å². The molecule has 0 radical (unpaired) electrons. The number of aromatic nitrogens is 2. The lowest BCUT2D eigenvalue weighted by molar-refractivity contribution is 0.0976. The molecule has 1 aromatic heterocycles. The minimum atomic E-state index is -0.365. The van der Waals surface area contributed by atoms with Crippen molar-refractivity contribution in [3.05, 3.63) is 52.4 Å². The summed E-state index contributed by atoms with van der Waals surface area (Å²) in [7, 11) is 0. The lowest BCUT2D eigenvalue weighted by Crippen LogP contribution is -2.34. The van der Waals surface area contributed by atoms with E-state index in [0.29, 0.717) is 47.0 Å². The molecule has 26 heavy (non-hydrogen) atoms. The summed E-state index contributed by atoms with van der Waals surface area (Å²) in [6.45, 7) is 0.936. The van der Waals surface area contributed by atoms with Gasteiger partial charge in [0.25, 0.3) is 5.91 Å². The lowest BCUT2D eigenvalue weighted by Gasteiger charge is -2.18. The number of nitrogens with one attached hydrogen (secondary N) is 4. The normalized spacial score (nSPS) is 12.6. The summed E-state index contributed by atoms with van der Waals surface area (Å²) in [6.07, 6.45) is 0. The van der Waals surface area contributed by atoms with Crippen molar-refractivity contribution < 1.29 is 14.3 Å². The van der Waals surface area contributed by atoms with Gasteiger partial charge in [0.2, 0.25) is 0 Å². The number of thiocarbonyl (C=S) groups is 1. The summed E-state index contributed by atoms with van der Waals surface area (Å²) in [5.74, 6) is 0.780.